The minimum absolute atomic E-state index is 0.392. The second kappa shape index (κ2) is 4.24. The molecule has 0 bridgehead atoms. The molecule has 0 aromatic carbocycles. The van der Waals surface area contributed by atoms with Gasteiger partial charge >= 0.3 is 0 Å². The molecule has 1 aliphatic rings. The maximum absolute atomic E-state index is 5.98. The van der Waals surface area contributed by atoms with Gasteiger partial charge in [-0.1, -0.05) is 0 Å². The fourth-order valence-corrected chi connectivity index (χ4v) is 2.09. The van der Waals surface area contributed by atoms with Gasteiger partial charge < -0.3 is 5.32 Å². The van der Waals surface area contributed by atoms with Gasteiger partial charge in [-0.3, -0.25) is 4.42 Å². The van der Waals surface area contributed by atoms with Gasteiger partial charge in [-0.2, -0.15) is 0 Å². The highest BCUT2D eigenvalue weighted by Crippen LogP contribution is 2.33. The molecule has 0 saturated carbocycles. The van der Waals surface area contributed by atoms with Crippen molar-refractivity contribution in [3.63, 3.8) is 0 Å². The number of halogens is 1. The first-order valence-electron chi connectivity index (χ1n) is 3.70. The summed E-state index contributed by atoms with van der Waals surface area (Å²) in [5.41, 5.74) is 1.22. The summed E-state index contributed by atoms with van der Waals surface area (Å²) in [7, 11) is 1.95. The number of hydrogen-bond donors (Lipinski definition) is 1. The molecular formula is C7H13ClN2S. The van der Waals surface area contributed by atoms with Crippen LogP contribution in [-0.4, -0.2) is 23.4 Å². The Balaban J connectivity index is 2.34. The Hall–Kier alpha value is 0.140. The lowest BCUT2D eigenvalue weighted by atomic mass is 10.3. The summed E-state index contributed by atoms with van der Waals surface area (Å²) >= 11 is 7.75. The summed E-state index contributed by atoms with van der Waals surface area (Å²) in [5, 5.41) is 5.62. The van der Waals surface area contributed by atoms with Crippen LogP contribution in [0.4, 0.5) is 0 Å². The number of thioether (sulfide) groups is 1. The minimum atomic E-state index is 0.392. The van der Waals surface area contributed by atoms with E-state index in [-0.39, 0.29) is 0 Å². The van der Waals surface area contributed by atoms with Gasteiger partial charge in [0.25, 0.3) is 0 Å². The topological polar surface area (TPSA) is 15.3 Å². The van der Waals surface area contributed by atoms with Crippen LogP contribution in [-0.2, 0) is 0 Å². The zero-order valence-corrected chi connectivity index (χ0v) is 8.37. The van der Waals surface area contributed by atoms with E-state index in [1.54, 1.807) is 11.8 Å². The molecule has 0 spiro atoms. The van der Waals surface area contributed by atoms with E-state index in [2.05, 4.69) is 17.6 Å². The average molecular weight is 193 g/mol. The highest BCUT2D eigenvalue weighted by Gasteiger charge is 2.20. The second-order valence-electron chi connectivity index (χ2n) is 2.51. The van der Waals surface area contributed by atoms with Gasteiger partial charge in [-0.15, -0.1) is 11.8 Å². The molecule has 0 aromatic rings. The van der Waals surface area contributed by atoms with Crippen LogP contribution in [0.5, 0.6) is 0 Å². The third-order valence-electron chi connectivity index (χ3n) is 1.63. The quantitative estimate of drug-likeness (QED) is 0.689. The van der Waals surface area contributed by atoms with Crippen LogP contribution in [0.2, 0.25) is 0 Å². The molecule has 11 heavy (non-hydrogen) atoms. The molecule has 1 unspecified atom stereocenters. The van der Waals surface area contributed by atoms with E-state index in [0.29, 0.717) is 5.37 Å². The molecule has 1 atom stereocenters. The van der Waals surface area contributed by atoms with Gasteiger partial charge in [0, 0.05) is 30.4 Å². The molecule has 4 heteroatoms. The molecule has 0 aliphatic carbocycles. The van der Waals surface area contributed by atoms with Crippen molar-refractivity contribution < 1.29 is 0 Å². The number of hydrogen-bond acceptors (Lipinski definition) is 3. The Morgan fingerprint density at radius 3 is 3.00 bits per heavy atom. The number of rotatable bonds is 3. The first kappa shape index (κ1) is 9.23. The van der Waals surface area contributed by atoms with Crippen molar-refractivity contribution >= 4 is 23.5 Å². The number of nitrogens with zero attached hydrogens (tertiary/aromatic N) is 1. The van der Waals surface area contributed by atoms with Crippen LogP contribution >= 0.6 is 23.5 Å². The largest absolute Gasteiger partial charge is 0.319 e. The van der Waals surface area contributed by atoms with Gasteiger partial charge in [0.2, 0.25) is 0 Å². The molecule has 1 aliphatic heterocycles. The van der Waals surface area contributed by atoms with Crippen LogP contribution in [0.1, 0.15) is 13.3 Å². The van der Waals surface area contributed by atoms with Crippen LogP contribution in [0, 0.1) is 0 Å². The first-order valence-corrected chi connectivity index (χ1v) is 4.98. The van der Waals surface area contributed by atoms with E-state index < -0.39 is 0 Å². The summed E-state index contributed by atoms with van der Waals surface area (Å²) in [6.45, 7) is 3.09. The molecule has 0 aromatic heterocycles. The Kier molecular flexibility index (Phi) is 3.55. The third kappa shape index (κ3) is 2.29. The monoisotopic (exact) mass is 192 g/mol. The predicted octanol–water partition coefficient (Wildman–Crippen LogP) is 1.99. The van der Waals surface area contributed by atoms with Gasteiger partial charge in [-0.05, 0) is 19.4 Å². The zero-order chi connectivity index (χ0) is 8.27. The molecular weight excluding hydrogens is 180 g/mol. The number of nitrogens with one attached hydrogen (secondary N) is 1. The standard InChI is InChI=1S/C7H13ClN2S/c1-6-10(8)7(5-11-6)3-4-9-2/h5-6,9H,3-4H2,1-2H3. The molecule has 0 radical (unpaired) electrons. The van der Waals surface area contributed by atoms with Crippen LogP contribution in [0.15, 0.2) is 11.1 Å². The summed E-state index contributed by atoms with van der Waals surface area (Å²) < 4.78 is 1.81. The fraction of sp³-hybridized carbons (Fsp3) is 0.714. The molecule has 0 amide bonds. The maximum Gasteiger partial charge on any atom is 0.0920 e. The van der Waals surface area contributed by atoms with E-state index in [9.17, 15) is 0 Å². The minimum Gasteiger partial charge on any atom is -0.319 e. The molecule has 0 fully saturated rings. The Bertz CT molecular complexity index is 161. The highest BCUT2D eigenvalue weighted by atomic mass is 35.5. The fourth-order valence-electron chi connectivity index (χ4n) is 0.933. The maximum atomic E-state index is 5.98. The van der Waals surface area contributed by atoms with E-state index >= 15 is 0 Å². The molecule has 1 heterocycles. The average Bonchev–Trinajstić information content (AvgIpc) is 2.31. The van der Waals surface area contributed by atoms with Gasteiger partial charge in [0.15, 0.2) is 0 Å². The second-order valence-corrected chi connectivity index (χ2v) is 4.06. The normalized spacial score (nSPS) is 24.1. The van der Waals surface area contributed by atoms with Crippen LogP contribution in [0.25, 0.3) is 0 Å². The Morgan fingerprint density at radius 1 is 1.82 bits per heavy atom. The van der Waals surface area contributed by atoms with Crippen molar-refractivity contribution in [2.24, 2.45) is 0 Å². The van der Waals surface area contributed by atoms with Crippen molar-refractivity contribution in [2.45, 2.75) is 18.7 Å². The van der Waals surface area contributed by atoms with Crippen LogP contribution < -0.4 is 5.32 Å². The van der Waals surface area contributed by atoms with Gasteiger partial charge in [0.05, 0.1) is 5.37 Å². The Labute approximate surface area is 77.1 Å². The smallest absolute Gasteiger partial charge is 0.0920 e. The molecule has 0 saturated heterocycles. The molecule has 1 N–H and O–H groups in total. The summed E-state index contributed by atoms with van der Waals surface area (Å²) in [4.78, 5) is 0. The molecule has 2 nitrogen and oxygen atoms in total. The summed E-state index contributed by atoms with van der Waals surface area (Å²) in [6, 6.07) is 0. The predicted molar refractivity (Wildman–Crippen MR) is 51.4 cm³/mol. The lowest BCUT2D eigenvalue weighted by molar-refractivity contribution is 0.530. The third-order valence-corrected chi connectivity index (χ3v) is 3.26. The summed E-state index contributed by atoms with van der Waals surface area (Å²) in [6.07, 6.45) is 1.01. The summed E-state index contributed by atoms with van der Waals surface area (Å²) in [5.74, 6) is 0. The van der Waals surface area contributed by atoms with E-state index in [1.165, 1.54) is 5.70 Å². The molecule has 64 valence electrons. The van der Waals surface area contributed by atoms with E-state index in [1.807, 2.05) is 11.5 Å². The lowest BCUT2D eigenvalue weighted by Gasteiger charge is -2.16. The van der Waals surface area contributed by atoms with E-state index in [0.717, 1.165) is 13.0 Å². The van der Waals surface area contributed by atoms with Gasteiger partial charge in [-0.25, -0.2) is 0 Å². The van der Waals surface area contributed by atoms with Crippen molar-refractivity contribution in [3.05, 3.63) is 11.1 Å². The SMILES string of the molecule is CNCCC1=CSC(C)N1Cl. The first-order chi connectivity index (χ1) is 5.25. The van der Waals surface area contributed by atoms with Gasteiger partial charge in [0.1, 0.15) is 0 Å². The van der Waals surface area contributed by atoms with Crippen molar-refractivity contribution in [1.82, 2.24) is 9.74 Å². The van der Waals surface area contributed by atoms with Crippen molar-refractivity contribution in [3.8, 4) is 0 Å². The van der Waals surface area contributed by atoms with Crippen LogP contribution in [0.3, 0.4) is 0 Å². The van der Waals surface area contributed by atoms with Crippen molar-refractivity contribution in [2.75, 3.05) is 13.6 Å². The highest BCUT2D eigenvalue weighted by molar-refractivity contribution is 8.02. The van der Waals surface area contributed by atoms with E-state index in [4.69, 9.17) is 11.8 Å². The molecule has 1 rings (SSSR count). The van der Waals surface area contributed by atoms with Crippen molar-refractivity contribution in [1.29, 1.82) is 0 Å². The Morgan fingerprint density at radius 2 is 2.55 bits per heavy atom. The zero-order valence-electron chi connectivity index (χ0n) is 6.80. The lowest BCUT2D eigenvalue weighted by Crippen LogP contribution is -2.18.